The van der Waals surface area contributed by atoms with Gasteiger partial charge in [-0.15, -0.1) is 0 Å². The van der Waals surface area contributed by atoms with E-state index in [-0.39, 0.29) is 16.8 Å². The molecule has 33 heavy (non-hydrogen) atoms. The van der Waals surface area contributed by atoms with Crippen LogP contribution in [0.4, 0.5) is 11.4 Å². The van der Waals surface area contributed by atoms with Gasteiger partial charge in [0.05, 0.1) is 33.8 Å². The summed E-state index contributed by atoms with van der Waals surface area (Å²) in [6, 6.07) is 10.8. The molecule has 0 radical (unpaired) electrons. The lowest BCUT2D eigenvalue weighted by Gasteiger charge is -2.30. The molecule has 2 atom stereocenters. The summed E-state index contributed by atoms with van der Waals surface area (Å²) in [4.78, 5) is 61.6. The molecule has 2 fully saturated rings. The standard InChI is InChI=1S/C22H20N4O7/c27-20(17-10-4-6-12-19(17)26(32)33)23(13-14-7-1-5-11-18(14)25(30)31)24-21(28)15-8-2-3-9-16(15)22(24)29/h1,4-7,10-12,15-16H,2-3,8-9,13H2/t15-,16-/m0/s1. The van der Waals surface area contributed by atoms with Gasteiger partial charge >= 0.3 is 0 Å². The van der Waals surface area contributed by atoms with E-state index in [1.165, 1.54) is 42.5 Å². The van der Waals surface area contributed by atoms with Crippen LogP contribution in [0.5, 0.6) is 0 Å². The number of amides is 3. The van der Waals surface area contributed by atoms with E-state index in [4.69, 9.17) is 0 Å². The summed E-state index contributed by atoms with van der Waals surface area (Å²) in [5, 5.41) is 24.6. The Balaban J connectivity index is 1.81. The molecule has 1 saturated carbocycles. The molecule has 0 spiro atoms. The summed E-state index contributed by atoms with van der Waals surface area (Å²) in [7, 11) is 0. The summed E-state index contributed by atoms with van der Waals surface area (Å²) in [6.07, 6.45) is 2.56. The van der Waals surface area contributed by atoms with Gasteiger partial charge in [0.25, 0.3) is 29.1 Å². The van der Waals surface area contributed by atoms with Gasteiger partial charge in [0.1, 0.15) is 5.56 Å². The number of nitro groups is 2. The molecule has 11 nitrogen and oxygen atoms in total. The maximum atomic E-state index is 13.5. The van der Waals surface area contributed by atoms with Crippen LogP contribution in [-0.4, -0.2) is 37.6 Å². The smallest absolute Gasteiger partial charge is 0.272 e. The van der Waals surface area contributed by atoms with Gasteiger partial charge in [-0.25, -0.2) is 5.01 Å². The second-order valence-electron chi connectivity index (χ2n) is 8.01. The van der Waals surface area contributed by atoms with Crippen molar-refractivity contribution in [1.82, 2.24) is 10.0 Å². The van der Waals surface area contributed by atoms with Gasteiger partial charge in [0, 0.05) is 12.1 Å². The predicted molar refractivity (Wildman–Crippen MR) is 113 cm³/mol. The van der Waals surface area contributed by atoms with Crippen LogP contribution in [0.2, 0.25) is 0 Å². The molecule has 0 unspecified atom stereocenters. The van der Waals surface area contributed by atoms with Gasteiger partial charge in [-0.2, -0.15) is 5.01 Å². The van der Waals surface area contributed by atoms with Crippen LogP contribution in [0.3, 0.4) is 0 Å². The van der Waals surface area contributed by atoms with Crippen molar-refractivity contribution in [3.8, 4) is 0 Å². The third-order valence-corrected chi connectivity index (χ3v) is 6.13. The average molecular weight is 452 g/mol. The number of nitro benzene ring substituents is 2. The van der Waals surface area contributed by atoms with Crippen LogP contribution in [0.15, 0.2) is 48.5 Å². The fourth-order valence-electron chi connectivity index (χ4n) is 4.55. The second-order valence-corrected chi connectivity index (χ2v) is 8.01. The highest BCUT2D eigenvalue weighted by molar-refractivity contribution is 6.08. The third-order valence-electron chi connectivity index (χ3n) is 6.13. The van der Waals surface area contributed by atoms with Crippen LogP contribution in [0.1, 0.15) is 41.6 Å². The quantitative estimate of drug-likeness (QED) is 0.372. The van der Waals surface area contributed by atoms with E-state index in [2.05, 4.69) is 0 Å². The molecule has 0 aromatic heterocycles. The molecule has 2 aromatic rings. The lowest BCUT2D eigenvalue weighted by molar-refractivity contribution is -0.385. The first kappa shape index (κ1) is 22.1. The number of benzene rings is 2. The summed E-state index contributed by atoms with van der Waals surface area (Å²) in [5.74, 6) is -3.22. The van der Waals surface area contributed by atoms with E-state index in [1.807, 2.05) is 0 Å². The van der Waals surface area contributed by atoms with Crippen molar-refractivity contribution in [3.63, 3.8) is 0 Å². The summed E-state index contributed by atoms with van der Waals surface area (Å²) in [5.41, 5.74) is -1.03. The molecule has 1 saturated heterocycles. The van der Waals surface area contributed by atoms with E-state index in [9.17, 15) is 34.6 Å². The number of hydrazine groups is 1. The lowest BCUT2D eigenvalue weighted by Crippen LogP contribution is -2.50. The molecule has 0 N–H and O–H groups in total. The molecular formula is C22H20N4O7. The maximum absolute atomic E-state index is 13.5. The highest BCUT2D eigenvalue weighted by atomic mass is 16.6. The zero-order chi connectivity index (χ0) is 23.7. The van der Waals surface area contributed by atoms with Crippen molar-refractivity contribution in [2.24, 2.45) is 11.8 Å². The molecule has 11 heteroatoms. The molecule has 1 aliphatic carbocycles. The van der Waals surface area contributed by atoms with Crippen LogP contribution in [-0.2, 0) is 16.1 Å². The van der Waals surface area contributed by atoms with E-state index in [1.54, 1.807) is 0 Å². The molecular weight excluding hydrogens is 432 g/mol. The van der Waals surface area contributed by atoms with Crippen LogP contribution in [0.25, 0.3) is 0 Å². The number of carbonyl (C=O) groups excluding carboxylic acids is 3. The Hall–Kier alpha value is -4.15. The van der Waals surface area contributed by atoms with Gasteiger partial charge in [-0.1, -0.05) is 43.2 Å². The molecule has 0 bridgehead atoms. The average Bonchev–Trinajstić information content (AvgIpc) is 3.07. The first-order chi connectivity index (χ1) is 15.8. The number of rotatable bonds is 6. The Morgan fingerprint density at radius 3 is 1.97 bits per heavy atom. The predicted octanol–water partition coefficient (Wildman–Crippen LogP) is 3.24. The third kappa shape index (κ3) is 3.93. The minimum Gasteiger partial charge on any atom is -0.272 e. The highest BCUT2D eigenvalue weighted by Crippen LogP contribution is 2.39. The van der Waals surface area contributed by atoms with Gasteiger partial charge in [-0.05, 0) is 18.9 Å². The molecule has 3 amide bonds. The minimum absolute atomic E-state index is 0.0879. The normalized spacial score (nSPS) is 19.8. The Labute approximate surface area is 187 Å². The number of para-hydroxylation sites is 2. The largest absolute Gasteiger partial charge is 0.282 e. The molecule has 4 rings (SSSR count). The van der Waals surface area contributed by atoms with Crippen molar-refractivity contribution < 1.29 is 24.2 Å². The summed E-state index contributed by atoms with van der Waals surface area (Å²) < 4.78 is 0. The van der Waals surface area contributed by atoms with Crippen LogP contribution < -0.4 is 0 Å². The zero-order valence-electron chi connectivity index (χ0n) is 17.5. The fraction of sp³-hybridized carbons (Fsp3) is 0.318. The van der Waals surface area contributed by atoms with E-state index >= 15 is 0 Å². The molecule has 1 aliphatic heterocycles. The topological polar surface area (TPSA) is 144 Å². The maximum Gasteiger partial charge on any atom is 0.282 e. The van der Waals surface area contributed by atoms with E-state index in [0.29, 0.717) is 12.8 Å². The molecule has 2 aliphatic rings. The first-order valence-corrected chi connectivity index (χ1v) is 10.5. The van der Waals surface area contributed by atoms with Gasteiger partial charge in [0.2, 0.25) is 0 Å². The Morgan fingerprint density at radius 2 is 1.39 bits per heavy atom. The van der Waals surface area contributed by atoms with Gasteiger partial charge < -0.3 is 0 Å². The van der Waals surface area contributed by atoms with Crippen molar-refractivity contribution >= 4 is 29.1 Å². The monoisotopic (exact) mass is 452 g/mol. The zero-order valence-corrected chi connectivity index (χ0v) is 17.5. The first-order valence-electron chi connectivity index (χ1n) is 10.5. The lowest BCUT2D eigenvalue weighted by atomic mass is 9.81. The van der Waals surface area contributed by atoms with Crippen molar-refractivity contribution in [3.05, 3.63) is 79.9 Å². The van der Waals surface area contributed by atoms with Crippen molar-refractivity contribution in [2.45, 2.75) is 32.2 Å². The Morgan fingerprint density at radius 1 is 0.879 bits per heavy atom. The Bertz CT molecular complexity index is 1140. The highest BCUT2D eigenvalue weighted by Gasteiger charge is 2.52. The molecule has 2 aromatic carbocycles. The van der Waals surface area contributed by atoms with Gasteiger partial charge in [-0.3, -0.25) is 34.6 Å². The molecule has 170 valence electrons. The Kier molecular flexibility index (Phi) is 5.86. The van der Waals surface area contributed by atoms with Crippen LogP contribution in [0, 0.1) is 32.1 Å². The number of hydrogen-bond donors (Lipinski definition) is 0. The van der Waals surface area contributed by atoms with E-state index in [0.717, 1.165) is 28.9 Å². The number of fused-ring (bicyclic) bond motifs is 1. The summed E-state index contributed by atoms with van der Waals surface area (Å²) in [6.45, 7) is -0.473. The second kappa shape index (κ2) is 8.77. The summed E-state index contributed by atoms with van der Waals surface area (Å²) >= 11 is 0. The van der Waals surface area contributed by atoms with Crippen LogP contribution >= 0.6 is 0 Å². The number of imide groups is 1. The van der Waals surface area contributed by atoms with E-state index < -0.39 is 51.6 Å². The number of carbonyl (C=O) groups is 3. The fourth-order valence-corrected chi connectivity index (χ4v) is 4.55. The van der Waals surface area contributed by atoms with Gasteiger partial charge in [0.15, 0.2) is 0 Å². The molecule has 1 heterocycles. The SMILES string of the molecule is O=C(c1ccccc1[N+](=O)[O-])N(Cc1ccccc1[N+](=O)[O-])N1C(=O)[C@H]2CCCC[C@@H]2C1=O. The number of nitrogens with zero attached hydrogens (tertiary/aromatic N) is 4. The number of hydrogen-bond acceptors (Lipinski definition) is 7. The van der Waals surface area contributed by atoms with Crippen molar-refractivity contribution in [1.29, 1.82) is 0 Å². The van der Waals surface area contributed by atoms with Crippen molar-refractivity contribution in [2.75, 3.05) is 0 Å². The minimum atomic E-state index is -0.958.